The number of esters is 1. The first-order chi connectivity index (χ1) is 11.6. The molecule has 5 heteroatoms. The molecule has 1 aliphatic rings. The maximum atomic E-state index is 11.7. The molecule has 1 aliphatic heterocycles. The van der Waals surface area contributed by atoms with Gasteiger partial charge < -0.3 is 18.9 Å². The van der Waals surface area contributed by atoms with E-state index in [4.69, 9.17) is 18.9 Å². The van der Waals surface area contributed by atoms with E-state index in [0.29, 0.717) is 44.0 Å². The van der Waals surface area contributed by atoms with E-state index >= 15 is 0 Å². The van der Waals surface area contributed by atoms with E-state index in [2.05, 4.69) is 0 Å². The van der Waals surface area contributed by atoms with Crippen molar-refractivity contribution in [2.75, 3.05) is 26.9 Å². The molecule has 1 heterocycles. The van der Waals surface area contributed by atoms with Crippen LogP contribution in [-0.4, -0.2) is 32.9 Å². The third-order valence-electron chi connectivity index (χ3n) is 4.11. The molecule has 1 aromatic rings. The summed E-state index contributed by atoms with van der Waals surface area (Å²) in [6.07, 6.45) is 2.11. The largest absolute Gasteiger partial charge is 0.498 e. The molecular formula is C19H26O5. The second-order valence-corrected chi connectivity index (χ2v) is 5.64. The van der Waals surface area contributed by atoms with Gasteiger partial charge in [0.05, 0.1) is 32.5 Å². The maximum absolute atomic E-state index is 11.7. The van der Waals surface area contributed by atoms with E-state index < -0.39 is 5.79 Å². The van der Waals surface area contributed by atoms with Gasteiger partial charge in [0, 0.05) is 18.4 Å². The smallest absolute Gasteiger partial charge is 0.336 e. The van der Waals surface area contributed by atoms with Crippen molar-refractivity contribution in [3.8, 4) is 0 Å². The molecule has 0 radical (unpaired) electrons. The molecule has 24 heavy (non-hydrogen) atoms. The number of hydrogen-bond acceptors (Lipinski definition) is 5. The van der Waals surface area contributed by atoms with Crippen LogP contribution in [0.3, 0.4) is 0 Å². The second kappa shape index (κ2) is 8.85. The molecule has 132 valence electrons. The fraction of sp³-hybridized carbons (Fsp3) is 0.526. The summed E-state index contributed by atoms with van der Waals surface area (Å²) < 4.78 is 22.3. The lowest BCUT2D eigenvalue weighted by Crippen LogP contribution is -2.27. The van der Waals surface area contributed by atoms with Crippen LogP contribution in [0.5, 0.6) is 0 Å². The lowest BCUT2D eigenvalue weighted by Gasteiger charge is -2.28. The van der Waals surface area contributed by atoms with Crippen molar-refractivity contribution in [1.82, 2.24) is 0 Å². The number of ether oxygens (including phenoxy) is 4. The average Bonchev–Trinajstić information content (AvgIpc) is 3.10. The molecule has 5 nitrogen and oxygen atoms in total. The third kappa shape index (κ3) is 4.36. The molecule has 1 fully saturated rings. The van der Waals surface area contributed by atoms with Crippen molar-refractivity contribution in [2.24, 2.45) is 0 Å². The Labute approximate surface area is 143 Å². The van der Waals surface area contributed by atoms with Gasteiger partial charge >= 0.3 is 5.97 Å². The van der Waals surface area contributed by atoms with E-state index in [0.717, 1.165) is 12.0 Å². The minimum Gasteiger partial charge on any atom is -0.498 e. The summed E-state index contributed by atoms with van der Waals surface area (Å²) in [5.74, 6) is -0.382. The SMILES string of the molecule is CCO/C(CCCC1(c2ccccc2)OCCO1)=C(\C)C(=O)OC. The first-order valence-corrected chi connectivity index (χ1v) is 8.37. The van der Waals surface area contributed by atoms with Gasteiger partial charge in [0.2, 0.25) is 0 Å². The van der Waals surface area contributed by atoms with Gasteiger partial charge in [-0.25, -0.2) is 4.79 Å². The van der Waals surface area contributed by atoms with E-state index in [1.54, 1.807) is 6.92 Å². The molecule has 0 unspecified atom stereocenters. The number of hydrogen-bond donors (Lipinski definition) is 0. The zero-order valence-electron chi connectivity index (χ0n) is 14.7. The normalized spacial score (nSPS) is 17.3. The third-order valence-corrected chi connectivity index (χ3v) is 4.11. The Morgan fingerprint density at radius 3 is 2.46 bits per heavy atom. The summed E-state index contributed by atoms with van der Waals surface area (Å²) in [7, 11) is 1.38. The van der Waals surface area contributed by atoms with Crippen molar-refractivity contribution in [1.29, 1.82) is 0 Å². The highest BCUT2D eigenvalue weighted by Gasteiger charge is 2.37. The monoisotopic (exact) mass is 334 g/mol. The van der Waals surface area contributed by atoms with Gasteiger partial charge in [-0.05, 0) is 20.3 Å². The molecule has 2 rings (SSSR count). The number of carbonyl (C=O) groups is 1. The van der Waals surface area contributed by atoms with Gasteiger partial charge in [-0.1, -0.05) is 30.3 Å². The van der Waals surface area contributed by atoms with E-state index in [1.807, 2.05) is 37.3 Å². The van der Waals surface area contributed by atoms with Crippen LogP contribution in [0.15, 0.2) is 41.7 Å². The summed E-state index contributed by atoms with van der Waals surface area (Å²) in [4.78, 5) is 11.7. The van der Waals surface area contributed by atoms with Gasteiger partial charge in [-0.15, -0.1) is 0 Å². The highest BCUT2D eigenvalue weighted by atomic mass is 16.7. The Morgan fingerprint density at radius 2 is 1.88 bits per heavy atom. The summed E-state index contributed by atoms with van der Waals surface area (Å²) in [6, 6.07) is 9.97. The molecule has 0 bridgehead atoms. The molecule has 0 amide bonds. The number of rotatable bonds is 8. The topological polar surface area (TPSA) is 54.0 Å². The molecule has 0 aromatic heterocycles. The predicted molar refractivity (Wildman–Crippen MR) is 90.2 cm³/mol. The fourth-order valence-electron chi connectivity index (χ4n) is 2.89. The number of methoxy groups -OCH3 is 1. The summed E-state index contributed by atoms with van der Waals surface area (Å²) in [6.45, 7) is 5.32. The molecule has 1 saturated heterocycles. The molecule has 0 atom stereocenters. The van der Waals surface area contributed by atoms with Crippen molar-refractivity contribution >= 4 is 5.97 Å². The Morgan fingerprint density at radius 1 is 1.21 bits per heavy atom. The average molecular weight is 334 g/mol. The van der Waals surface area contributed by atoms with E-state index in [9.17, 15) is 4.79 Å². The molecule has 0 aliphatic carbocycles. The lowest BCUT2D eigenvalue weighted by molar-refractivity contribution is -0.171. The Hall–Kier alpha value is -1.85. The second-order valence-electron chi connectivity index (χ2n) is 5.64. The predicted octanol–water partition coefficient (Wildman–Crippen LogP) is 3.54. The zero-order valence-corrected chi connectivity index (χ0v) is 14.7. The molecule has 0 saturated carbocycles. The van der Waals surface area contributed by atoms with Crippen molar-refractivity contribution in [2.45, 2.75) is 38.9 Å². The number of benzene rings is 1. The van der Waals surface area contributed by atoms with Crippen LogP contribution in [0.1, 0.15) is 38.7 Å². The van der Waals surface area contributed by atoms with Crippen molar-refractivity contribution < 1.29 is 23.7 Å². The van der Waals surface area contributed by atoms with Crippen LogP contribution in [-0.2, 0) is 29.5 Å². The molecule has 0 N–H and O–H groups in total. The fourth-order valence-corrected chi connectivity index (χ4v) is 2.89. The number of carbonyl (C=O) groups excluding carboxylic acids is 1. The van der Waals surface area contributed by atoms with E-state index in [1.165, 1.54) is 7.11 Å². The molecule has 0 spiro atoms. The minimum absolute atomic E-state index is 0.357. The summed E-state index contributed by atoms with van der Waals surface area (Å²) >= 11 is 0. The van der Waals surface area contributed by atoms with Crippen LogP contribution in [0.2, 0.25) is 0 Å². The van der Waals surface area contributed by atoms with Crippen LogP contribution in [0.25, 0.3) is 0 Å². The molecular weight excluding hydrogens is 308 g/mol. The first kappa shape index (κ1) is 18.5. The van der Waals surface area contributed by atoms with Crippen LogP contribution in [0, 0.1) is 0 Å². The van der Waals surface area contributed by atoms with Crippen molar-refractivity contribution in [3.63, 3.8) is 0 Å². The summed E-state index contributed by atoms with van der Waals surface area (Å²) in [5, 5.41) is 0. The Kier molecular flexibility index (Phi) is 6.82. The van der Waals surface area contributed by atoms with Gasteiger partial charge in [-0.2, -0.15) is 0 Å². The van der Waals surface area contributed by atoms with Crippen LogP contribution < -0.4 is 0 Å². The lowest BCUT2D eigenvalue weighted by atomic mass is 9.98. The van der Waals surface area contributed by atoms with Gasteiger partial charge in [0.1, 0.15) is 5.76 Å². The van der Waals surface area contributed by atoms with Gasteiger partial charge in [0.15, 0.2) is 5.79 Å². The molecule has 1 aromatic carbocycles. The minimum atomic E-state index is -0.697. The summed E-state index contributed by atoms with van der Waals surface area (Å²) in [5.41, 5.74) is 1.54. The zero-order chi connectivity index (χ0) is 17.4. The quantitative estimate of drug-likeness (QED) is 0.413. The number of allylic oxidation sites excluding steroid dienone is 1. The van der Waals surface area contributed by atoms with Gasteiger partial charge in [0.25, 0.3) is 0 Å². The standard InChI is InChI=1S/C19H26O5/c1-4-22-17(15(2)18(20)21-3)11-8-12-19(23-13-14-24-19)16-9-6-5-7-10-16/h5-7,9-10H,4,8,11-14H2,1-3H3/b17-15+. The maximum Gasteiger partial charge on any atom is 0.336 e. The Balaban J connectivity index is 2.06. The van der Waals surface area contributed by atoms with Crippen molar-refractivity contribution in [3.05, 3.63) is 47.2 Å². The first-order valence-electron chi connectivity index (χ1n) is 8.37. The van der Waals surface area contributed by atoms with Crippen LogP contribution >= 0.6 is 0 Å². The van der Waals surface area contributed by atoms with Crippen LogP contribution in [0.4, 0.5) is 0 Å². The Bertz CT molecular complexity index is 558. The van der Waals surface area contributed by atoms with E-state index in [-0.39, 0.29) is 5.97 Å². The highest BCUT2D eigenvalue weighted by Crippen LogP contribution is 2.36. The van der Waals surface area contributed by atoms with Gasteiger partial charge in [-0.3, -0.25) is 0 Å². The highest BCUT2D eigenvalue weighted by molar-refractivity contribution is 5.88.